The van der Waals surface area contributed by atoms with E-state index in [1.54, 1.807) is 0 Å². The largest absolute Gasteiger partial charge is 0.324 e. The summed E-state index contributed by atoms with van der Waals surface area (Å²) in [7, 11) is 0. The minimum Gasteiger partial charge on any atom is -0.324 e. The van der Waals surface area contributed by atoms with Crippen molar-refractivity contribution in [2.45, 2.75) is 46.2 Å². The molecule has 0 radical (unpaired) electrons. The Morgan fingerprint density at radius 1 is 1.23 bits per heavy atom. The monoisotopic (exact) mass is 182 g/mol. The number of hydrogen-bond acceptors (Lipinski definition) is 3. The van der Waals surface area contributed by atoms with Crippen molar-refractivity contribution in [1.82, 2.24) is 14.8 Å². The Bertz CT molecular complexity index is 254. The van der Waals surface area contributed by atoms with Crippen LogP contribution in [0.15, 0.2) is 0 Å². The highest BCUT2D eigenvalue weighted by atomic mass is 15.3. The standard InChI is InChI=1S/C9H18N4/c1-3-5-6-8-11-12-9(7-10)13(8)4-2/h3-7,10H2,1-2H3. The normalized spacial score (nSPS) is 10.7. The third-order valence-corrected chi connectivity index (χ3v) is 2.16. The van der Waals surface area contributed by atoms with E-state index in [4.69, 9.17) is 5.73 Å². The number of hydrogen-bond donors (Lipinski definition) is 1. The van der Waals surface area contributed by atoms with Crippen LogP contribution in [0.2, 0.25) is 0 Å². The molecule has 1 aromatic rings. The van der Waals surface area contributed by atoms with E-state index in [1.807, 2.05) is 0 Å². The zero-order valence-corrected chi connectivity index (χ0v) is 8.45. The van der Waals surface area contributed by atoms with Gasteiger partial charge in [-0.25, -0.2) is 0 Å². The summed E-state index contributed by atoms with van der Waals surface area (Å²) in [4.78, 5) is 0. The van der Waals surface area contributed by atoms with Crippen LogP contribution in [-0.2, 0) is 19.5 Å². The molecular formula is C9H18N4. The molecule has 1 rings (SSSR count). The van der Waals surface area contributed by atoms with Gasteiger partial charge in [0.2, 0.25) is 0 Å². The van der Waals surface area contributed by atoms with Crippen molar-refractivity contribution >= 4 is 0 Å². The first-order valence-electron chi connectivity index (χ1n) is 4.94. The maximum Gasteiger partial charge on any atom is 0.146 e. The van der Waals surface area contributed by atoms with Crippen LogP contribution in [0.1, 0.15) is 38.3 Å². The molecule has 0 saturated carbocycles. The zero-order chi connectivity index (χ0) is 9.68. The second-order valence-electron chi connectivity index (χ2n) is 3.08. The van der Waals surface area contributed by atoms with Crippen LogP contribution in [0.3, 0.4) is 0 Å². The molecule has 0 fully saturated rings. The summed E-state index contributed by atoms with van der Waals surface area (Å²) in [6.45, 7) is 5.67. The van der Waals surface area contributed by atoms with E-state index in [1.165, 1.54) is 12.8 Å². The van der Waals surface area contributed by atoms with Crippen LogP contribution >= 0.6 is 0 Å². The van der Waals surface area contributed by atoms with Crippen molar-refractivity contribution < 1.29 is 0 Å². The smallest absolute Gasteiger partial charge is 0.146 e. The Balaban J connectivity index is 2.75. The summed E-state index contributed by atoms with van der Waals surface area (Å²) in [6.07, 6.45) is 3.37. The van der Waals surface area contributed by atoms with E-state index in [2.05, 4.69) is 28.6 Å². The summed E-state index contributed by atoms with van der Waals surface area (Å²) < 4.78 is 2.11. The first kappa shape index (κ1) is 10.2. The summed E-state index contributed by atoms with van der Waals surface area (Å²) >= 11 is 0. The Labute approximate surface area is 79.2 Å². The topological polar surface area (TPSA) is 56.7 Å². The highest BCUT2D eigenvalue weighted by molar-refractivity contribution is 4.95. The molecule has 0 spiro atoms. The molecule has 0 atom stereocenters. The number of nitrogens with two attached hydrogens (primary N) is 1. The van der Waals surface area contributed by atoms with Crippen LogP contribution in [0.5, 0.6) is 0 Å². The SMILES string of the molecule is CCCCc1nnc(CN)n1CC. The van der Waals surface area contributed by atoms with Gasteiger partial charge in [-0.1, -0.05) is 13.3 Å². The highest BCUT2D eigenvalue weighted by Crippen LogP contribution is 2.05. The highest BCUT2D eigenvalue weighted by Gasteiger charge is 2.07. The number of nitrogens with zero attached hydrogens (tertiary/aromatic N) is 3. The Morgan fingerprint density at radius 2 is 1.92 bits per heavy atom. The van der Waals surface area contributed by atoms with Crippen molar-refractivity contribution in [3.05, 3.63) is 11.6 Å². The number of rotatable bonds is 5. The molecule has 13 heavy (non-hydrogen) atoms. The molecule has 4 nitrogen and oxygen atoms in total. The maximum atomic E-state index is 5.54. The van der Waals surface area contributed by atoms with E-state index in [0.717, 1.165) is 24.6 Å². The van der Waals surface area contributed by atoms with Gasteiger partial charge in [-0.05, 0) is 13.3 Å². The van der Waals surface area contributed by atoms with Crippen molar-refractivity contribution in [2.75, 3.05) is 0 Å². The van der Waals surface area contributed by atoms with Crippen molar-refractivity contribution in [2.24, 2.45) is 5.73 Å². The van der Waals surface area contributed by atoms with Gasteiger partial charge in [0.05, 0.1) is 6.54 Å². The predicted molar refractivity (Wildman–Crippen MR) is 52.2 cm³/mol. The third-order valence-electron chi connectivity index (χ3n) is 2.16. The van der Waals surface area contributed by atoms with E-state index in [0.29, 0.717) is 6.54 Å². The van der Waals surface area contributed by atoms with Gasteiger partial charge in [0.15, 0.2) is 0 Å². The van der Waals surface area contributed by atoms with Crippen molar-refractivity contribution in [3.63, 3.8) is 0 Å². The van der Waals surface area contributed by atoms with Gasteiger partial charge >= 0.3 is 0 Å². The first-order valence-corrected chi connectivity index (χ1v) is 4.94. The average Bonchev–Trinajstić information content (AvgIpc) is 2.56. The fourth-order valence-corrected chi connectivity index (χ4v) is 1.41. The van der Waals surface area contributed by atoms with Crippen LogP contribution in [0.25, 0.3) is 0 Å². The minimum atomic E-state index is 0.479. The molecule has 74 valence electrons. The molecular weight excluding hydrogens is 164 g/mol. The molecule has 0 saturated heterocycles. The van der Waals surface area contributed by atoms with Gasteiger partial charge in [0, 0.05) is 13.0 Å². The lowest BCUT2D eigenvalue weighted by Gasteiger charge is -2.04. The Kier molecular flexibility index (Phi) is 3.89. The molecule has 0 bridgehead atoms. The maximum absolute atomic E-state index is 5.54. The molecule has 2 N–H and O–H groups in total. The lowest BCUT2D eigenvalue weighted by molar-refractivity contribution is 0.637. The molecule has 0 amide bonds. The molecule has 0 aliphatic carbocycles. The van der Waals surface area contributed by atoms with Crippen LogP contribution < -0.4 is 5.73 Å². The Hall–Kier alpha value is -0.900. The van der Waals surface area contributed by atoms with E-state index >= 15 is 0 Å². The van der Waals surface area contributed by atoms with Gasteiger partial charge in [0.1, 0.15) is 11.6 Å². The van der Waals surface area contributed by atoms with Crippen LogP contribution in [0, 0.1) is 0 Å². The second kappa shape index (κ2) is 4.97. The summed E-state index contributed by atoms with van der Waals surface area (Å²) in [6, 6.07) is 0. The summed E-state index contributed by atoms with van der Waals surface area (Å²) in [5.41, 5.74) is 5.54. The van der Waals surface area contributed by atoms with Crippen molar-refractivity contribution in [3.8, 4) is 0 Å². The fraction of sp³-hybridized carbons (Fsp3) is 0.778. The lowest BCUT2D eigenvalue weighted by atomic mass is 10.2. The molecule has 0 aliphatic heterocycles. The Morgan fingerprint density at radius 3 is 2.46 bits per heavy atom. The number of unbranched alkanes of at least 4 members (excludes halogenated alkanes) is 1. The quantitative estimate of drug-likeness (QED) is 0.741. The van der Waals surface area contributed by atoms with Gasteiger partial charge in [0.25, 0.3) is 0 Å². The van der Waals surface area contributed by atoms with E-state index in [9.17, 15) is 0 Å². The molecule has 0 aliphatic rings. The van der Waals surface area contributed by atoms with E-state index < -0.39 is 0 Å². The molecule has 1 aromatic heterocycles. The average molecular weight is 182 g/mol. The fourth-order valence-electron chi connectivity index (χ4n) is 1.41. The zero-order valence-electron chi connectivity index (χ0n) is 8.45. The van der Waals surface area contributed by atoms with Gasteiger partial charge in [-0.15, -0.1) is 10.2 Å². The molecule has 4 heteroatoms. The second-order valence-corrected chi connectivity index (χ2v) is 3.08. The lowest BCUT2D eigenvalue weighted by Crippen LogP contribution is -2.09. The minimum absolute atomic E-state index is 0.479. The van der Waals surface area contributed by atoms with Gasteiger partial charge in [-0.3, -0.25) is 0 Å². The number of aryl methyl sites for hydroxylation is 1. The molecule has 1 heterocycles. The van der Waals surface area contributed by atoms with Gasteiger partial charge in [-0.2, -0.15) is 0 Å². The number of aromatic nitrogens is 3. The van der Waals surface area contributed by atoms with Gasteiger partial charge < -0.3 is 10.3 Å². The first-order chi connectivity index (χ1) is 6.33. The predicted octanol–water partition coefficient (Wildman–Crippen LogP) is 1.10. The summed E-state index contributed by atoms with van der Waals surface area (Å²) in [5, 5.41) is 8.17. The van der Waals surface area contributed by atoms with Crippen LogP contribution in [0.4, 0.5) is 0 Å². The van der Waals surface area contributed by atoms with Crippen LogP contribution in [-0.4, -0.2) is 14.8 Å². The van der Waals surface area contributed by atoms with E-state index in [-0.39, 0.29) is 0 Å². The third kappa shape index (κ3) is 2.28. The van der Waals surface area contributed by atoms with Crippen molar-refractivity contribution in [1.29, 1.82) is 0 Å². The molecule has 0 aromatic carbocycles. The molecule has 0 unspecified atom stereocenters. The summed E-state index contributed by atoms with van der Waals surface area (Å²) in [5.74, 6) is 1.97.